The number of nitrogens with zero attached hydrogens (tertiary/aromatic N) is 2. The average Bonchev–Trinajstić information content (AvgIpc) is 3.01. The molecule has 0 spiro atoms. The second kappa shape index (κ2) is 5.93. The third kappa shape index (κ3) is 2.56. The summed E-state index contributed by atoms with van der Waals surface area (Å²) >= 11 is 0. The van der Waals surface area contributed by atoms with Crippen LogP contribution in [0.2, 0.25) is 0 Å². The van der Waals surface area contributed by atoms with E-state index in [2.05, 4.69) is 24.0 Å². The number of aromatic nitrogens is 1. The van der Waals surface area contributed by atoms with Gasteiger partial charge in [0.15, 0.2) is 5.76 Å². The van der Waals surface area contributed by atoms with Crippen LogP contribution in [0.15, 0.2) is 34.7 Å². The summed E-state index contributed by atoms with van der Waals surface area (Å²) in [5, 5.41) is 1.96. The van der Waals surface area contributed by atoms with E-state index >= 15 is 0 Å². The van der Waals surface area contributed by atoms with Crippen molar-refractivity contribution in [2.45, 2.75) is 45.6 Å². The van der Waals surface area contributed by atoms with Crippen molar-refractivity contribution in [3.63, 3.8) is 0 Å². The van der Waals surface area contributed by atoms with E-state index in [1.807, 2.05) is 30.0 Å². The van der Waals surface area contributed by atoms with E-state index in [9.17, 15) is 4.79 Å². The number of furan rings is 1. The van der Waals surface area contributed by atoms with Crippen LogP contribution in [0.1, 0.15) is 48.7 Å². The van der Waals surface area contributed by atoms with Gasteiger partial charge in [0.1, 0.15) is 0 Å². The van der Waals surface area contributed by atoms with Gasteiger partial charge in [-0.15, -0.1) is 0 Å². The van der Waals surface area contributed by atoms with Crippen molar-refractivity contribution < 1.29 is 9.21 Å². The van der Waals surface area contributed by atoms with E-state index in [1.165, 1.54) is 6.42 Å². The van der Waals surface area contributed by atoms with Crippen molar-refractivity contribution in [3.05, 3.63) is 41.7 Å². The molecule has 0 N–H and O–H groups in total. The van der Waals surface area contributed by atoms with Crippen LogP contribution in [0.5, 0.6) is 0 Å². The van der Waals surface area contributed by atoms with Gasteiger partial charge in [0.05, 0.1) is 5.52 Å². The Morgan fingerprint density at radius 2 is 2.12 bits per heavy atom. The lowest BCUT2D eigenvalue weighted by Crippen LogP contribution is -2.43. The number of carbonyl (C=O) groups is 1. The van der Waals surface area contributed by atoms with E-state index in [0.717, 1.165) is 47.7 Å². The second-order valence-electron chi connectivity index (χ2n) is 6.75. The maximum atomic E-state index is 12.9. The number of carbonyl (C=O) groups excluding carboxylic acids is 1. The highest BCUT2D eigenvalue weighted by Crippen LogP contribution is 2.27. The molecule has 1 aliphatic heterocycles. The summed E-state index contributed by atoms with van der Waals surface area (Å²) in [6, 6.07) is 10.4. The van der Waals surface area contributed by atoms with Crippen molar-refractivity contribution in [3.8, 4) is 0 Å². The van der Waals surface area contributed by atoms with Crippen LogP contribution in [0.4, 0.5) is 0 Å². The van der Waals surface area contributed by atoms with Crippen LogP contribution in [-0.4, -0.2) is 28.4 Å². The van der Waals surface area contributed by atoms with Gasteiger partial charge in [0.2, 0.25) is 5.71 Å². The molecular weight excluding hydrogens is 300 g/mol. The molecule has 4 heteroatoms. The fourth-order valence-electron chi connectivity index (χ4n) is 3.68. The smallest absolute Gasteiger partial charge is 0.289 e. The summed E-state index contributed by atoms with van der Waals surface area (Å²) in [6.07, 6.45) is 4.36. The van der Waals surface area contributed by atoms with Crippen molar-refractivity contribution in [1.29, 1.82) is 0 Å². The van der Waals surface area contributed by atoms with Crippen molar-refractivity contribution in [2.24, 2.45) is 0 Å². The van der Waals surface area contributed by atoms with Gasteiger partial charge in [-0.05, 0) is 56.4 Å². The number of hydrogen-bond donors (Lipinski definition) is 0. The summed E-state index contributed by atoms with van der Waals surface area (Å²) in [6.45, 7) is 5.01. The van der Waals surface area contributed by atoms with Gasteiger partial charge in [-0.1, -0.05) is 19.1 Å². The lowest BCUT2D eigenvalue weighted by Gasteiger charge is -2.34. The number of piperidine rings is 1. The minimum Gasteiger partial charge on any atom is -0.433 e. The molecule has 1 atom stereocenters. The molecule has 3 aromatic rings. The topological polar surface area (TPSA) is 46.3 Å². The van der Waals surface area contributed by atoms with Gasteiger partial charge in [-0.3, -0.25) is 4.79 Å². The predicted octanol–water partition coefficient (Wildman–Crippen LogP) is 4.69. The molecular formula is C20H22N2O2. The predicted molar refractivity (Wildman–Crippen MR) is 95.2 cm³/mol. The first kappa shape index (κ1) is 15.2. The fraction of sp³-hybridized carbons (Fsp3) is 0.400. The molecule has 0 aliphatic carbocycles. The number of rotatable bonds is 2. The molecule has 0 radical (unpaired) electrons. The third-order valence-electron chi connectivity index (χ3n) is 5.03. The number of likely N-dealkylation sites (tertiary alicyclic amines) is 1. The van der Waals surface area contributed by atoms with E-state index in [-0.39, 0.29) is 5.91 Å². The Bertz CT molecular complexity index is 913. The van der Waals surface area contributed by atoms with Crippen LogP contribution in [0.25, 0.3) is 22.0 Å². The minimum absolute atomic E-state index is 0.000198. The molecule has 1 aliphatic rings. The van der Waals surface area contributed by atoms with Gasteiger partial charge in [0.25, 0.3) is 5.91 Å². The molecule has 1 saturated heterocycles. The molecule has 2 aromatic heterocycles. The maximum absolute atomic E-state index is 12.9. The average molecular weight is 322 g/mol. The van der Waals surface area contributed by atoms with Crippen LogP contribution >= 0.6 is 0 Å². The third-order valence-corrected chi connectivity index (χ3v) is 5.03. The van der Waals surface area contributed by atoms with Gasteiger partial charge in [-0.2, -0.15) is 0 Å². The number of aryl methyl sites for hydroxylation is 1. The monoisotopic (exact) mass is 322 g/mol. The van der Waals surface area contributed by atoms with Crippen LogP contribution in [-0.2, 0) is 0 Å². The second-order valence-corrected chi connectivity index (χ2v) is 6.75. The van der Waals surface area contributed by atoms with Crippen LogP contribution in [0.3, 0.4) is 0 Å². The number of amides is 1. The SMILES string of the molecule is CCC1CCCCN1C(=O)c1cc2cc3ccc(C)cc3nc2o1. The molecule has 124 valence electrons. The quantitative estimate of drug-likeness (QED) is 0.687. The fourth-order valence-corrected chi connectivity index (χ4v) is 3.68. The number of pyridine rings is 1. The minimum atomic E-state index is -0.000198. The zero-order chi connectivity index (χ0) is 16.7. The standard InChI is InChI=1S/C20H22N2O2/c1-3-16-6-4-5-9-22(16)20(23)18-12-15-11-14-8-7-13(2)10-17(14)21-19(15)24-18/h7-8,10-12,16H,3-6,9H2,1-2H3. The number of fused-ring (bicyclic) bond motifs is 2. The van der Waals surface area contributed by atoms with Gasteiger partial charge in [0, 0.05) is 23.4 Å². The Morgan fingerprint density at radius 3 is 2.96 bits per heavy atom. The molecule has 0 bridgehead atoms. The van der Waals surface area contributed by atoms with Crippen molar-refractivity contribution >= 4 is 27.9 Å². The first-order chi connectivity index (χ1) is 11.7. The summed E-state index contributed by atoms with van der Waals surface area (Å²) < 4.78 is 5.82. The molecule has 4 rings (SSSR count). The molecule has 24 heavy (non-hydrogen) atoms. The molecule has 1 aromatic carbocycles. The summed E-state index contributed by atoms with van der Waals surface area (Å²) in [5.41, 5.74) is 2.61. The Hall–Kier alpha value is -2.36. The van der Waals surface area contributed by atoms with Crippen molar-refractivity contribution in [2.75, 3.05) is 6.54 Å². The van der Waals surface area contributed by atoms with E-state index in [0.29, 0.717) is 17.5 Å². The Kier molecular flexibility index (Phi) is 3.75. The first-order valence-electron chi connectivity index (χ1n) is 8.77. The summed E-state index contributed by atoms with van der Waals surface area (Å²) in [5.74, 6) is 0.407. The van der Waals surface area contributed by atoms with Crippen LogP contribution < -0.4 is 0 Å². The largest absolute Gasteiger partial charge is 0.433 e. The lowest BCUT2D eigenvalue weighted by atomic mass is 10.00. The van der Waals surface area contributed by atoms with Crippen LogP contribution in [0, 0.1) is 6.92 Å². The number of hydrogen-bond acceptors (Lipinski definition) is 3. The Labute approximate surface area is 141 Å². The summed E-state index contributed by atoms with van der Waals surface area (Å²) in [4.78, 5) is 19.5. The van der Waals surface area contributed by atoms with Gasteiger partial charge < -0.3 is 9.32 Å². The first-order valence-corrected chi connectivity index (χ1v) is 8.77. The molecule has 1 fully saturated rings. The van der Waals surface area contributed by atoms with E-state index in [1.54, 1.807) is 0 Å². The van der Waals surface area contributed by atoms with Gasteiger partial charge >= 0.3 is 0 Å². The highest BCUT2D eigenvalue weighted by Gasteiger charge is 2.28. The Balaban J connectivity index is 1.73. The normalized spacial score (nSPS) is 18.4. The molecule has 3 heterocycles. The zero-order valence-electron chi connectivity index (χ0n) is 14.2. The van der Waals surface area contributed by atoms with Crippen molar-refractivity contribution in [1.82, 2.24) is 9.88 Å². The Morgan fingerprint density at radius 1 is 1.25 bits per heavy atom. The molecule has 0 saturated carbocycles. The summed E-state index contributed by atoms with van der Waals surface area (Å²) in [7, 11) is 0. The number of benzene rings is 1. The zero-order valence-corrected chi connectivity index (χ0v) is 14.2. The molecule has 4 nitrogen and oxygen atoms in total. The maximum Gasteiger partial charge on any atom is 0.289 e. The molecule has 1 amide bonds. The highest BCUT2D eigenvalue weighted by atomic mass is 16.4. The lowest BCUT2D eigenvalue weighted by molar-refractivity contribution is 0.0577. The molecule has 1 unspecified atom stereocenters. The van der Waals surface area contributed by atoms with E-state index in [4.69, 9.17) is 4.42 Å². The van der Waals surface area contributed by atoms with E-state index < -0.39 is 0 Å². The van der Waals surface area contributed by atoms with Gasteiger partial charge in [-0.25, -0.2) is 4.98 Å². The highest BCUT2D eigenvalue weighted by molar-refractivity contribution is 5.98.